The Morgan fingerprint density at radius 2 is 1.85 bits per heavy atom. The molecule has 0 radical (unpaired) electrons. The molecule has 9 nitrogen and oxygen atoms in total. The number of barbiturate groups is 1. The Hall–Kier alpha value is -3.75. The summed E-state index contributed by atoms with van der Waals surface area (Å²) in [5.74, 6) is -1.45. The maximum Gasteiger partial charge on any atom is 0.331 e. The van der Waals surface area contributed by atoms with Crippen molar-refractivity contribution in [3.63, 3.8) is 0 Å². The standard InChI is InChI=1S/C18H16N4O5/c1-10-7-12(8-15-16(23)19-18(25)20(3)17(15)24)11(2)21(10)13-5-4-6-14(9-13)22(26)27/h4-9H,1-3H3,(H,19,23,25)/b15-8-. The van der Waals surface area contributed by atoms with Crippen LogP contribution in [-0.4, -0.2) is 39.3 Å². The molecule has 0 unspecified atom stereocenters. The summed E-state index contributed by atoms with van der Waals surface area (Å²) in [6, 6.07) is 7.15. The van der Waals surface area contributed by atoms with Crippen molar-refractivity contribution < 1.29 is 19.3 Å². The molecule has 1 N–H and O–H groups in total. The highest BCUT2D eigenvalue weighted by atomic mass is 16.6. The summed E-state index contributed by atoms with van der Waals surface area (Å²) in [5, 5.41) is 13.1. The number of hydrogen-bond donors (Lipinski definition) is 1. The number of nitro benzene ring substituents is 1. The van der Waals surface area contributed by atoms with Gasteiger partial charge in [0, 0.05) is 30.6 Å². The van der Waals surface area contributed by atoms with Crippen molar-refractivity contribution in [1.29, 1.82) is 0 Å². The van der Waals surface area contributed by atoms with Gasteiger partial charge in [-0.2, -0.15) is 0 Å². The van der Waals surface area contributed by atoms with E-state index in [9.17, 15) is 24.5 Å². The minimum Gasteiger partial charge on any atom is -0.318 e. The fraction of sp³-hybridized carbons (Fsp3) is 0.167. The minimum atomic E-state index is -0.774. The molecule has 1 aliphatic heterocycles. The van der Waals surface area contributed by atoms with Crippen molar-refractivity contribution in [2.24, 2.45) is 0 Å². The highest BCUT2D eigenvalue weighted by Gasteiger charge is 2.33. The SMILES string of the molecule is Cc1cc(/C=C2/C(=O)NC(=O)N(C)C2=O)c(C)n1-c1cccc([N+](=O)[O-])c1. The van der Waals surface area contributed by atoms with E-state index in [1.807, 2.05) is 6.92 Å². The first-order valence-corrected chi connectivity index (χ1v) is 7.99. The largest absolute Gasteiger partial charge is 0.331 e. The topological polar surface area (TPSA) is 115 Å². The average Bonchev–Trinajstić information content (AvgIpc) is 2.90. The third kappa shape index (κ3) is 3.10. The minimum absolute atomic E-state index is 0.0399. The maximum atomic E-state index is 12.2. The predicted octanol–water partition coefficient (Wildman–Crippen LogP) is 2.09. The summed E-state index contributed by atoms with van der Waals surface area (Å²) in [4.78, 5) is 47.1. The second-order valence-corrected chi connectivity index (χ2v) is 6.12. The first-order valence-electron chi connectivity index (χ1n) is 7.99. The van der Waals surface area contributed by atoms with E-state index >= 15 is 0 Å². The first-order chi connectivity index (χ1) is 12.7. The molecule has 0 atom stereocenters. The molecular weight excluding hydrogens is 352 g/mol. The third-order valence-electron chi connectivity index (χ3n) is 4.37. The average molecular weight is 368 g/mol. The molecule has 0 saturated carbocycles. The number of carbonyl (C=O) groups is 3. The van der Waals surface area contributed by atoms with Gasteiger partial charge < -0.3 is 4.57 Å². The molecule has 2 aromatic rings. The Kier molecular flexibility index (Phi) is 4.36. The van der Waals surface area contributed by atoms with Crippen LogP contribution < -0.4 is 5.32 Å². The lowest BCUT2D eigenvalue weighted by molar-refractivity contribution is -0.384. The van der Waals surface area contributed by atoms with Crippen LogP contribution in [0.2, 0.25) is 0 Å². The molecule has 9 heteroatoms. The number of nitro groups is 1. The molecule has 1 saturated heterocycles. The van der Waals surface area contributed by atoms with E-state index in [0.29, 0.717) is 16.9 Å². The first kappa shape index (κ1) is 18.1. The van der Waals surface area contributed by atoms with Crippen LogP contribution in [0.5, 0.6) is 0 Å². The van der Waals surface area contributed by atoms with Crippen LogP contribution in [0.15, 0.2) is 35.9 Å². The van der Waals surface area contributed by atoms with Crippen molar-refractivity contribution >= 4 is 29.6 Å². The molecule has 0 bridgehead atoms. The van der Waals surface area contributed by atoms with Crippen LogP contribution in [0.1, 0.15) is 17.0 Å². The molecule has 0 aliphatic carbocycles. The Balaban J connectivity index is 2.08. The highest BCUT2D eigenvalue weighted by Crippen LogP contribution is 2.25. The zero-order valence-electron chi connectivity index (χ0n) is 14.8. The summed E-state index contributed by atoms with van der Waals surface area (Å²) >= 11 is 0. The van der Waals surface area contributed by atoms with Crippen LogP contribution in [0.4, 0.5) is 10.5 Å². The number of hydrogen-bond acceptors (Lipinski definition) is 5. The lowest BCUT2D eigenvalue weighted by Crippen LogP contribution is -2.52. The van der Waals surface area contributed by atoms with Gasteiger partial charge in [0.15, 0.2) is 0 Å². The number of amides is 4. The molecule has 1 aliphatic rings. The summed E-state index contributed by atoms with van der Waals surface area (Å²) in [7, 11) is 1.28. The molecule has 4 amide bonds. The molecule has 138 valence electrons. The molecular formula is C18H16N4O5. The van der Waals surface area contributed by atoms with Gasteiger partial charge in [-0.1, -0.05) is 6.07 Å². The summed E-state index contributed by atoms with van der Waals surface area (Å²) < 4.78 is 1.79. The van der Waals surface area contributed by atoms with E-state index < -0.39 is 22.8 Å². The Labute approximate surface area is 154 Å². The zero-order chi connectivity index (χ0) is 19.9. The summed E-state index contributed by atoms with van der Waals surface area (Å²) in [6.07, 6.45) is 1.41. The third-order valence-corrected chi connectivity index (χ3v) is 4.37. The number of urea groups is 1. The number of aryl methyl sites for hydroxylation is 1. The van der Waals surface area contributed by atoms with Crippen LogP contribution in [0.3, 0.4) is 0 Å². The summed E-state index contributed by atoms with van der Waals surface area (Å²) in [6.45, 7) is 3.59. The molecule has 3 rings (SSSR count). The molecule has 1 fully saturated rings. The Bertz CT molecular complexity index is 1030. The lowest BCUT2D eigenvalue weighted by atomic mass is 10.1. The number of benzene rings is 1. The number of aromatic nitrogens is 1. The maximum absolute atomic E-state index is 12.2. The van der Waals surface area contributed by atoms with Crippen LogP contribution in [0.25, 0.3) is 11.8 Å². The number of non-ortho nitro benzene ring substituents is 1. The van der Waals surface area contributed by atoms with Crippen LogP contribution in [-0.2, 0) is 9.59 Å². The van der Waals surface area contributed by atoms with Gasteiger partial charge in [0.1, 0.15) is 5.57 Å². The van der Waals surface area contributed by atoms with Gasteiger partial charge in [-0.25, -0.2) is 4.79 Å². The van der Waals surface area contributed by atoms with Crippen molar-refractivity contribution in [3.05, 3.63) is 63.0 Å². The highest BCUT2D eigenvalue weighted by molar-refractivity contribution is 6.30. The van der Waals surface area contributed by atoms with Gasteiger partial charge in [0.25, 0.3) is 17.5 Å². The monoisotopic (exact) mass is 368 g/mol. The van der Waals surface area contributed by atoms with Crippen LogP contribution in [0, 0.1) is 24.0 Å². The number of rotatable bonds is 3. The molecule has 2 heterocycles. The Morgan fingerprint density at radius 1 is 1.15 bits per heavy atom. The predicted molar refractivity (Wildman–Crippen MR) is 96.2 cm³/mol. The lowest BCUT2D eigenvalue weighted by Gasteiger charge is -2.22. The number of carbonyl (C=O) groups excluding carboxylic acids is 3. The zero-order valence-corrected chi connectivity index (χ0v) is 14.8. The second-order valence-electron chi connectivity index (χ2n) is 6.12. The van der Waals surface area contributed by atoms with Crippen LogP contribution >= 0.6 is 0 Å². The fourth-order valence-corrected chi connectivity index (χ4v) is 2.98. The van der Waals surface area contributed by atoms with Gasteiger partial charge in [-0.15, -0.1) is 0 Å². The Morgan fingerprint density at radius 3 is 2.52 bits per heavy atom. The smallest absolute Gasteiger partial charge is 0.318 e. The second kappa shape index (κ2) is 6.52. The van der Waals surface area contributed by atoms with Gasteiger partial charge in [-0.05, 0) is 37.6 Å². The van der Waals surface area contributed by atoms with E-state index in [1.54, 1.807) is 29.7 Å². The summed E-state index contributed by atoms with van der Waals surface area (Å²) in [5.41, 5.74) is 2.46. The number of likely N-dealkylation sites (N-methyl/N-ethyl adjacent to an activating group) is 1. The van der Waals surface area contributed by atoms with Crippen molar-refractivity contribution in [3.8, 4) is 5.69 Å². The molecule has 27 heavy (non-hydrogen) atoms. The number of nitrogens with one attached hydrogen (secondary N) is 1. The van der Waals surface area contributed by atoms with Gasteiger partial charge in [-0.3, -0.25) is 29.9 Å². The number of nitrogens with zero attached hydrogens (tertiary/aromatic N) is 3. The van der Waals surface area contributed by atoms with Crippen molar-refractivity contribution in [2.45, 2.75) is 13.8 Å². The van der Waals surface area contributed by atoms with E-state index in [1.165, 1.54) is 25.3 Å². The molecule has 1 aromatic carbocycles. The van der Waals surface area contributed by atoms with Crippen molar-refractivity contribution in [2.75, 3.05) is 7.05 Å². The van der Waals surface area contributed by atoms with Gasteiger partial charge >= 0.3 is 6.03 Å². The number of imide groups is 2. The van der Waals surface area contributed by atoms with E-state index in [4.69, 9.17) is 0 Å². The molecule has 1 aromatic heterocycles. The van der Waals surface area contributed by atoms with E-state index in [2.05, 4.69) is 5.32 Å². The fourth-order valence-electron chi connectivity index (χ4n) is 2.98. The van der Waals surface area contributed by atoms with Gasteiger partial charge in [0.2, 0.25) is 0 Å². The molecule has 0 spiro atoms. The van der Waals surface area contributed by atoms with Gasteiger partial charge in [0.05, 0.1) is 10.6 Å². The van der Waals surface area contributed by atoms with E-state index in [0.717, 1.165) is 10.6 Å². The van der Waals surface area contributed by atoms with Crippen molar-refractivity contribution in [1.82, 2.24) is 14.8 Å². The van der Waals surface area contributed by atoms with E-state index in [-0.39, 0.29) is 11.3 Å². The quantitative estimate of drug-likeness (QED) is 0.386. The normalized spacial score (nSPS) is 16.0.